The fourth-order valence-corrected chi connectivity index (χ4v) is 2.87. The summed E-state index contributed by atoms with van der Waals surface area (Å²) in [5, 5.41) is 4.73. The van der Waals surface area contributed by atoms with E-state index in [0.29, 0.717) is 5.75 Å². The maximum atomic E-state index is 12.2. The van der Waals surface area contributed by atoms with Gasteiger partial charge >= 0.3 is 12.0 Å². The van der Waals surface area contributed by atoms with E-state index in [1.165, 1.54) is 0 Å². The summed E-state index contributed by atoms with van der Waals surface area (Å²) in [5.74, 6) is 0.165. The van der Waals surface area contributed by atoms with Gasteiger partial charge in [0.25, 0.3) is 5.91 Å². The second-order valence-electron chi connectivity index (χ2n) is 6.03. The number of esters is 1. The molecule has 2 aromatic rings. The molecule has 0 radical (unpaired) electrons. The largest absolute Gasteiger partial charge is 0.454 e. The Balaban J connectivity index is 1.92. The Hall–Kier alpha value is -2.55. The fraction of sp³-hybridized carbons (Fsp3) is 0.444. The van der Waals surface area contributed by atoms with Gasteiger partial charge in [0.05, 0.1) is 16.8 Å². The van der Waals surface area contributed by atoms with Gasteiger partial charge in [0, 0.05) is 6.04 Å². The van der Waals surface area contributed by atoms with E-state index in [-0.39, 0.29) is 12.6 Å². The molecule has 3 amide bonds. The van der Waals surface area contributed by atoms with E-state index in [1.54, 1.807) is 16.3 Å². The van der Waals surface area contributed by atoms with Gasteiger partial charge in [0.15, 0.2) is 6.61 Å². The number of thioether (sulfide) groups is 1. The molecule has 0 saturated carbocycles. The highest BCUT2D eigenvalue weighted by atomic mass is 32.2. The second kappa shape index (κ2) is 9.96. The zero-order valence-electron chi connectivity index (χ0n) is 15.7. The van der Waals surface area contributed by atoms with Gasteiger partial charge in [-0.3, -0.25) is 14.9 Å². The first-order valence-corrected chi connectivity index (χ1v) is 10.0. The predicted molar refractivity (Wildman–Crippen MR) is 104 cm³/mol. The summed E-state index contributed by atoms with van der Waals surface area (Å²) in [6.45, 7) is 3.17. The number of para-hydroxylation sites is 2. The predicted octanol–water partition coefficient (Wildman–Crippen LogP) is 2.07. The number of rotatable bonds is 8. The Morgan fingerprint density at radius 2 is 2.04 bits per heavy atom. The van der Waals surface area contributed by atoms with Crippen molar-refractivity contribution < 1.29 is 19.1 Å². The van der Waals surface area contributed by atoms with Crippen molar-refractivity contribution in [1.82, 2.24) is 20.2 Å². The van der Waals surface area contributed by atoms with E-state index < -0.39 is 24.5 Å². The summed E-state index contributed by atoms with van der Waals surface area (Å²) in [7, 11) is 0. The molecule has 146 valence electrons. The third-order valence-electron chi connectivity index (χ3n) is 3.90. The second-order valence-corrected chi connectivity index (χ2v) is 6.89. The lowest BCUT2D eigenvalue weighted by Crippen LogP contribution is -2.44. The molecule has 0 bridgehead atoms. The Labute approximate surface area is 162 Å². The average Bonchev–Trinajstić information content (AvgIpc) is 2.97. The van der Waals surface area contributed by atoms with Crippen molar-refractivity contribution in [3.8, 4) is 0 Å². The lowest BCUT2D eigenvalue weighted by molar-refractivity contribution is -0.148. The molecule has 0 unspecified atom stereocenters. The molecule has 8 nitrogen and oxygen atoms in total. The number of benzene rings is 1. The van der Waals surface area contributed by atoms with Gasteiger partial charge in [-0.05, 0) is 31.7 Å². The van der Waals surface area contributed by atoms with Crippen LogP contribution in [0, 0.1) is 0 Å². The average molecular weight is 392 g/mol. The van der Waals surface area contributed by atoms with Crippen LogP contribution in [0.1, 0.15) is 26.1 Å². The SMILES string of the molecule is CC[C@H](C)NC(=O)NC(=O)COC(=O)Cn1c(CSC)nc2ccccc21. The lowest BCUT2D eigenvalue weighted by atomic mass is 10.3. The lowest BCUT2D eigenvalue weighted by Gasteiger charge is -2.12. The van der Waals surface area contributed by atoms with Crippen molar-refractivity contribution in [2.24, 2.45) is 0 Å². The van der Waals surface area contributed by atoms with Crippen molar-refractivity contribution in [1.29, 1.82) is 0 Å². The van der Waals surface area contributed by atoms with Gasteiger partial charge in [-0.15, -0.1) is 0 Å². The first-order chi connectivity index (χ1) is 12.9. The number of fused-ring (bicyclic) bond motifs is 1. The van der Waals surface area contributed by atoms with Crippen molar-refractivity contribution in [3.63, 3.8) is 0 Å². The van der Waals surface area contributed by atoms with E-state index in [0.717, 1.165) is 23.3 Å². The van der Waals surface area contributed by atoms with Crippen molar-refractivity contribution in [2.45, 2.75) is 38.6 Å². The van der Waals surface area contributed by atoms with Gasteiger partial charge in [0.1, 0.15) is 12.4 Å². The summed E-state index contributed by atoms with van der Waals surface area (Å²) < 4.78 is 6.78. The molecular formula is C18H24N4O4S. The van der Waals surface area contributed by atoms with Crippen molar-refractivity contribution >= 4 is 40.7 Å². The minimum absolute atomic E-state index is 0.0512. The number of urea groups is 1. The minimum atomic E-state index is -0.677. The zero-order chi connectivity index (χ0) is 19.8. The molecule has 1 aromatic carbocycles. The highest BCUT2D eigenvalue weighted by molar-refractivity contribution is 7.97. The topological polar surface area (TPSA) is 102 Å². The molecule has 0 saturated heterocycles. The number of nitrogens with one attached hydrogen (secondary N) is 2. The van der Waals surface area contributed by atoms with Gasteiger partial charge in [0.2, 0.25) is 0 Å². The van der Waals surface area contributed by atoms with Gasteiger partial charge < -0.3 is 14.6 Å². The van der Waals surface area contributed by atoms with Crippen molar-refractivity contribution in [2.75, 3.05) is 12.9 Å². The van der Waals surface area contributed by atoms with Gasteiger partial charge in [-0.2, -0.15) is 11.8 Å². The van der Waals surface area contributed by atoms with E-state index in [1.807, 2.05) is 44.4 Å². The third kappa shape index (κ3) is 5.99. The van der Waals surface area contributed by atoms with E-state index in [9.17, 15) is 14.4 Å². The number of hydrogen-bond donors (Lipinski definition) is 2. The number of ether oxygens (including phenoxy) is 1. The number of amides is 3. The Bertz CT molecular complexity index is 821. The molecule has 0 aliphatic heterocycles. The quantitative estimate of drug-likeness (QED) is 0.667. The number of carbonyl (C=O) groups excluding carboxylic acids is 3. The number of imide groups is 1. The Morgan fingerprint density at radius 3 is 2.74 bits per heavy atom. The van der Waals surface area contributed by atoms with Crippen LogP contribution in [0.25, 0.3) is 11.0 Å². The first-order valence-electron chi connectivity index (χ1n) is 8.63. The van der Waals surface area contributed by atoms with E-state index in [4.69, 9.17) is 4.74 Å². The molecule has 1 atom stereocenters. The van der Waals surface area contributed by atoms with Crippen LogP contribution >= 0.6 is 11.8 Å². The maximum absolute atomic E-state index is 12.2. The number of carbonyl (C=O) groups is 3. The molecule has 9 heteroatoms. The monoisotopic (exact) mass is 392 g/mol. The number of hydrogen-bond acceptors (Lipinski definition) is 6. The normalized spacial score (nSPS) is 11.8. The third-order valence-corrected chi connectivity index (χ3v) is 4.45. The summed E-state index contributed by atoms with van der Waals surface area (Å²) in [6, 6.07) is 6.86. The molecule has 0 spiro atoms. The van der Waals surface area contributed by atoms with Crippen LogP contribution in [0.2, 0.25) is 0 Å². The van der Waals surface area contributed by atoms with Gasteiger partial charge in [-0.1, -0.05) is 19.1 Å². The summed E-state index contributed by atoms with van der Waals surface area (Å²) in [6.07, 6.45) is 2.70. The molecule has 2 rings (SSSR count). The highest BCUT2D eigenvalue weighted by Gasteiger charge is 2.16. The van der Waals surface area contributed by atoms with E-state index >= 15 is 0 Å². The smallest absolute Gasteiger partial charge is 0.326 e. The molecule has 0 aliphatic rings. The Morgan fingerprint density at radius 1 is 1.30 bits per heavy atom. The fourth-order valence-electron chi connectivity index (χ4n) is 2.39. The summed E-state index contributed by atoms with van der Waals surface area (Å²) >= 11 is 1.60. The zero-order valence-corrected chi connectivity index (χ0v) is 16.5. The number of aromatic nitrogens is 2. The van der Waals surface area contributed by atoms with Crippen molar-refractivity contribution in [3.05, 3.63) is 30.1 Å². The Kier molecular flexibility index (Phi) is 7.66. The van der Waals surface area contributed by atoms with Crippen LogP contribution in [0.4, 0.5) is 4.79 Å². The van der Waals surface area contributed by atoms with E-state index in [2.05, 4.69) is 15.6 Å². The van der Waals surface area contributed by atoms with Crippen LogP contribution in [0.5, 0.6) is 0 Å². The molecule has 0 aliphatic carbocycles. The first kappa shape index (κ1) is 20.8. The van der Waals surface area contributed by atoms with Crippen LogP contribution in [-0.2, 0) is 26.6 Å². The van der Waals surface area contributed by atoms with Gasteiger partial charge in [-0.25, -0.2) is 9.78 Å². The van der Waals surface area contributed by atoms with Crippen LogP contribution < -0.4 is 10.6 Å². The van der Waals surface area contributed by atoms with Crippen LogP contribution in [0.3, 0.4) is 0 Å². The minimum Gasteiger partial charge on any atom is -0.454 e. The molecule has 1 aromatic heterocycles. The number of imidazole rings is 1. The molecule has 1 heterocycles. The maximum Gasteiger partial charge on any atom is 0.326 e. The number of nitrogens with zero attached hydrogens (tertiary/aromatic N) is 2. The van der Waals surface area contributed by atoms with Crippen LogP contribution in [0.15, 0.2) is 24.3 Å². The molecular weight excluding hydrogens is 368 g/mol. The standard InChI is InChI=1S/C18H24N4O4S/c1-4-12(2)19-18(25)21-16(23)10-26-17(24)9-22-14-8-6-5-7-13(14)20-15(22)11-27-3/h5-8,12H,4,9-11H2,1-3H3,(H2,19,21,23,25)/t12-/m0/s1. The van der Waals surface area contributed by atoms with Crippen LogP contribution in [-0.4, -0.2) is 46.4 Å². The molecule has 27 heavy (non-hydrogen) atoms. The summed E-state index contributed by atoms with van der Waals surface area (Å²) in [4.78, 5) is 40.0. The molecule has 2 N–H and O–H groups in total. The highest BCUT2D eigenvalue weighted by Crippen LogP contribution is 2.19. The molecule has 0 fully saturated rings. The summed E-state index contributed by atoms with van der Waals surface area (Å²) in [5.41, 5.74) is 1.63.